The van der Waals surface area contributed by atoms with Crippen molar-refractivity contribution < 1.29 is 0 Å². The average Bonchev–Trinajstić information content (AvgIpc) is 2.26. The van der Waals surface area contributed by atoms with Gasteiger partial charge in [-0.15, -0.1) is 0 Å². The normalized spacial score (nSPS) is 12.0. The van der Waals surface area contributed by atoms with Gasteiger partial charge >= 0.3 is 0 Å². The van der Waals surface area contributed by atoms with Gasteiger partial charge in [0.05, 0.1) is 5.52 Å². The molecule has 0 spiro atoms. The zero-order valence-corrected chi connectivity index (χ0v) is 11.0. The summed E-state index contributed by atoms with van der Waals surface area (Å²) in [5.74, 6) is 0. The molecule has 0 atom stereocenters. The van der Waals surface area contributed by atoms with E-state index in [1.165, 1.54) is 0 Å². The Morgan fingerprint density at radius 3 is 2.76 bits per heavy atom. The van der Waals surface area contributed by atoms with Crippen LogP contribution in [0.15, 0.2) is 30.5 Å². The third-order valence-corrected chi connectivity index (χ3v) is 3.20. The quantitative estimate of drug-likeness (QED) is 0.902. The molecule has 2 rings (SSSR count). The van der Waals surface area contributed by atoms with E-state index in [0.717, 1.165) is 34.3 Å². The van der Waals surface area contributed by atoms with Crippen LogP contribution >= 0.6 is 11.6 Å². The SMILES string of the molecule is CC(C)(N)CCc1c(Cl)ccc2cccnc12. The number of fused-ring (bicyclic) bond motifs is 1. The summed E-state index contributed by atoms with van der Waals surface area (Å²) in [6.45, 7) is 4.05. The van der Waals surface area contributed by atoms with Crippen molar-refractivity contribution in [2.24, 2.45) is 5.73 Å². The molecule has 17 heavy (non-hydrogen) atoms. The van der Waals surface area contributed by atoms with Gasteiger partial charge in [-0.2, -0.15) is 0 Å². The van der Waals surface area contributed by atoms with E-state index in [-0.39, 0.29) is 5.54 Å². The van der Waals surface area contributed by atoms with Crippen LogP contribution in [0.2, 0.25) is 5.02 Å². The second kappa shape index (κ2) is 4.63. The Hall–Kier alpha value is -1.12. The highest BCUT2D eigenvalue weighted by Gasteiger charge is 2.14. The van der Waals surface area contributed by atoms with Gasteiger partial charge in [0.15, 0.2) is 0 Å². The van der Waals surface area contributed by atoms with Gasteiger partial charge in [-0.25, -0.2) is 0 Å². The van der Waals surface area contributed by atoms with Crippen molar-refractivity contribution in [1.29, 1.82) is 0 Å². The van der Waals surface area contributed by atoms with Gasteiger partial charge in [0.1, 0.15) is 0 Å². The summed E-state index contributed by atoms with van der Waals surface area (Å²) < 4.78 is 0. The number of pyridine rings is 1. The summed E-state index contributed by atoms with van der Waals surface area (Å²) in [6, 6.07) is 7.93. The van der Waals surface area contributed by atoms with Gasteiger partial charge < -0.3 is 5.73 Å². The van der Waals surface area contributed by atoms with Crippen molar-refractivity contribution in [3.63, 3.8) is 0 Å². The third kappa shape index (κ3) is 2.96. The lowest BCUT2D eigenvalue weighted by Crippen LogP contribution is -2.32. The van der Waals surface area contributed by atoms with Gasteiger partial charge in [0.25, 0.3) is 0 Å². The molecule has 0 amide bonds. The molecule has 0 aliphatic rings. The number of hydrogen-bond acceptors (Lipinski definition) is 2. The molecule has 0 radical (unpaired) electrons. The topological polar surface area (TPSA) is 38.9 Å². The first-order valence-electron chi connectivity index (χ1n) is 5.78. The van der Waals surface area contributed by atoms with Crippen LogP contribution in [0.1, 0.15) is 25.8 Å². The van der Waals surface area contributed by atoms with E-state index in [9.17, 15) is 0 Å². The first-order chi connectivity index (χ1) is 7.97. The van der Waals surface area contributed by atoms with Crippen molar-refractivity contribution in [1.82, 2.24) is 4.98 Å². The fraction of sp³-hybridized carbons (Fsp3) is 0.357. The lowest BCUT2D eigenvalue weighted by molar-refractivity contribution is 0.477. The monoisotopic (exact) mass is 248 g/mol. The molecular formula is C14H17ClN2. The predicted molar refractivity (Wildman–Crippen MR) is 73.3 cm³/mol. The highest BCUT2D eigenvalue weighted by atomic mass is 35.5. The second-order valence-corrected chi connectivity index (χ2v) is 5.50. The minimum atomic E-state index is -0.180. The van der Waals surface area contributed by atoms with Crippen molar-refractivity contribution >= 4 is 22.5 Å². The fourth-order valence-electron chi connectivity index (χ4n) is 1.87. The zero-order chi connectivity index (χ0) is 12.5. The van der Waals surface area contributed by atoms with E-state index in [1.807, 2.05) is 32.0 Å². The highest BCUT2D eigenvalue weighted by molar-refractivity contribution is 6.32. The number of nitrogens with two attached hydrogens (primary N) is 1. The predicted octanol–water partition coefficient (Wildman–Crippen LogP) is 3.56. The minimum Gasteiger partial charge on any atom is -0.326 e. The summed E-state index contributed by atoms with van der Waals surface area (Å²) in [4.78, 5) is 4.42. The molecular weight excluding hydrogens is 232 g/mol. The van der Waals surface area contributed by atoms with Crippen LogP contribution in [0.5, 0.6) is 0 Å². The van der Waals surface area contributed by atoms with Crippen molar-refractivity contribution in [3.05, 3.63) is 41.0 Å². The third-order valence-electron chi connectivity index (χ3n) is 2.84. The Morgan fingerprint density at radius 2 is 2.06 bits per heavy atom. The molecule has 2 nitrogen and oxygen atoms in total. The maximum atomic E-state index is 6.25. The number of aromatic nitrogens is 1. The van der Waals surface area contributed by atoms with Crippen LogP contribution in [0.4, 0.5) is 0 Å². The molecule has 2 N–H and O–H groups in total. The molecule has 3 heteroatoms. The van der Waals surface area contributed by atoms with Gasteiger partial charge in [0.2, 0.25) is 0 Å². The molecule has 0 unspecified atom stereocenters. The van der Waals surface area contributed by atoms with Crippen molar-refractivity contribution in [3.8, 4) is 0 Å². The summed E-state index contributed by atoms with van der Waals surface area (Å²) in [5, 5.41) is 1.90. The number of nitrogens with zero attached hydrogens (tertiary/aromatic N) is 1. The standard InChI is InChI=1S/C14H17ClN2/c1-14(2,16)8-7-11-12(15)6-5-10-4-3-9-17-13(10)11/h3-6,9H,7-8,16H2,1-2H3. The van der Waals surface area contributed by atoms with Gasteiger partial charge in [-0.3, -0.25) is 4.98 Å². The maximum absolute atomic E-state index is 6.25. The van der Waals surface area contributed by atoms with E-state index < -0.39 is 0 Å². The van der Waals surface area contributed by atoms with E-state index >= 15 is 0 Å². The lowest BCUT2D eigenvalue weighted by atomic mass is 9.95. The number of rotatable bonds is 3. The van der Waals surface area contributed by atoms with E-state index in [0.29, 0.717) is 0 Å². The summed E-state index contributed by atoms with van der Waals surface area (Å²) in [7, 11) is 0. The second-order valence-electron chi connectivity index (χ2n) is 5.09. The molecule has 90 valence electrons. The Bertz CT molecular complexity index is 529. The van der Waals surface area contributed by atoms with Gasteiger partial charge in [0, 0.05) is 22.1 Å². The first-order valence-corrected chi connectivity index (χ1v) is 6.16. The van der Waals surface area contributed by atoms with E-state index in [2.05, 4.69) is 11.1 Å². The number of aryl methyl sites for hydroxylation is 1. The molecule has 1 aromatic heterocycles. The van der Waals surface area contributed by atoms with Crippen LogP contribution < -0.4 is 5.73 Å². The molecule has 2 aromatic rings. The smallest absolute Gasteiger partial charge is 0.0748 e. The zero-order valence-electron chi connectivity index (χ0n) is 10.2. The molecule has 0 bridgehead atoms. The number of halogens is 1. The first kappa shape index (κ1) is 12.3. The van der Waals surface area contributed by atoms with Crippen LogP contribution in [0, 0.1) is 0 Å². The molecule has 0 fully saturated rings. The average molecular weight is 249 g/mol. The Kier molecular flexibility index (Phi) is 3.36. The number of hydrogen-bond donors (Lipinski definition) is 1. The summed E-state index contributed by atoms with van der Waals surface area (Å²) in [5.41, 5.74) is 7.92. The lowest BCUT2D eigenvalue weighted by Gasteiger charge is -2.19. The molecule has 0 saturated carbocycles. The van der Waals surface area contributed by atoms with Gasteiger partial charge in [-0.05, 0) is 44.4 Å². The number of benzene rings is 1. The minimum absolute atomic E-state index is 0.180. The molecule has 1 aromatic carbocycles. The highest BCUT2D eigenvalue weighted by Crippen LogP contribution is 2.26. The maximum Gasteiger partial charge on any atom is 0.0748 e. The molecule has 0 aliphatic heterocycles. The van der Waals surface area contributed by atoms with Crippen LogP contribution in [0.25, 0.3) is 10.9 Å². The van der Waals surface area contributed by atoms with Crippen LogP contribution in [-0.2, 0) is 6.42 Å². The molecule has 0 saturated heterocycles. The Morgan fingerprint density at radius 1 is 1.29 bits per heavy atom. The Balaban J connectivity index is 2.41. The largest absolute Gasteiger partial charge is 0.326 e. The Labute approximate surface area is 107 Å². The molecule has 1 heterocycles. The van der Waals surface area contributed by atoms with Gasteiger partial charge in [-0.1, -0.05) is 23.7 Å². The summed E-state index contributed by atoms with van der Waals surface area (Å²) in [6.07, 6.45) is 3.55. The summed E-state index contributed by atoms with van der Waals surface area (Å²) >= 11 is 6.25. The van der Waals surface area contributed by atoms with Crippen LogP contribution in [-0.4, -0.2) is 10.5 Å². The van der Waals surface area contributed by atoms with E-state index in [4.69, 9.17) is 17.3 Å². The van der Waals surface area contributed by atoms with Crippen molar-refractivity contribution in [2.45, 2.75) is 32.2 Å². The molecule has 0 aliphatic carbocycles. The van der Waals surface area contributed by atoms with Crippen LogP contribution in [0.3, 0.4) is 0 Å². The van der Waals surface area contributed by atoms with Crippen molar-refractivity contribution in [2.75, 3.05) is 0 Å². The fourth-order valence-corrected chi connectivity index (χ4v) is 2.11. The van der Waals surface area contributed by atoms with E-state index in [1.54, 1.807) is 6.20 Å².